The number of ether oxygens (including phenoxy) is 1. The van der Waals surface area contributed by atoms with E-state index in [1.807, 2.05) is 19.1 Å². The van der Waals surface area contributed by atoms with Crippen LogP contribution in [0.15, 0.2) is 89.4 Å². The second kappa shape index (κ2) is 13.4. The summed E-state index contributed by atoms with van der Waals surface area (Å²) in [5.74, 6) is 0.601. The molecule has 1 unspecified atom stereocenters. The van der Waals surface area contributed by atoms with Crippen molar-refractivity contribution in [3.05, 3.63) is 94.7 Å². The Labute approximate surface area is 174 Å². The Balaban J connectivity index is 2.56. The summed E-state index contributed by atoms with van der Waals surface area (Å²) in [7, 11) is 0. The lowest BCUT2D eigenvalue weighted by atomic mass is 10.1. The van der Waals surface area contributed by atoms with Crippen molar-refractivity contribution in [2.75, 3.05) is 6.61 Å². The fourth-order valence-corrected chi connectivity index (χ4v) is 2.43. The van der Waals surface area contributed by atoms with Crippen molar-refractivity contribution in [3.63, 3.8) is 0 Å². The van der Waals surface area contributed by atoms with E-state index < -0.39 is 0 Å². The number of hydrogen-bond donors (Lipinski definition) is 1. The number of hydrogen-bond acceptors (Lipinski definition) is 4. The van der Waals surface area contributed by atoms with Gasteiger partial charge in [0.25, 0.3) is 5.91 Å². The van der Waals surface area contributed by atoms with Gasteiger partial charge in [-0.15, -0.1) is 4.91 Å². The second-order valence-corrected chi connectivity index (χ2v) is 6.47. The maximum Gasteiger partial charge on any atom is 0.255 e. The molecule has 1 atom stereocenters. The van der Waals surface area contributed by atoms with Crippen LogP contribution in [0.3, 0.4) is 0 Å². The van der Waals surface area contributed by atoms with Crippen molar-refractivity contribution < 1.29 is 9.53 Å². The van der Waals surface area contributed by atoms with Crippen LogP contribution in [0, 0.1) is 10.8 Å². The van der Waals surface area contributed by atoms with Crippen molar-refractivity contribution in [3.8, 4) is 5.75 Å². The number of rotatable bonds is 12. The first-order valence-electron chi connectivity index (χ1n) is 8.83. The zero-order chi connectivity index (χ0) is 20.8. The minimum Gasteiger partial charge on any atom is -0.494 e. The summed E-state index contributed by atoms with van der Waals surface area (Å²) in [4.78, 5) is 24.6. The number of carbonyl (C=O) groups is 1. The zero-order valence-corrected chi connectivity index (χ0v) is 17.5. The van der Waals surface area contributed by atoms with Gasteiger partial charge in [-0.2, -0.15) is 0 Å². The number of amides is 1. The van der Waals surface area contributed by atoms with E-state index in [2.05, 4.69) is 39.6 Å². The van der Waals surface area contributed by atoms with Gasteiger partial charge in [-0.05, 0) is 65.3 Å². The predicted molar refractivity (Wildman–Crippen MR) is 118 cm³/mol. The number of benzene rings is 1. The number of nitrogens with zero attached hydrogens (tertiary/aromatic N) is 1. The first-order valence-corrected chi connectivity index (χ1v) is 9.75. The van der Waals surface area contributed by atoms with E-state index in [-0.39, 0.29) is 11.8 Å². The molecule has 1 N–H and O–H groups in total. The van der Waals surface area contributed by atoms with Gasteiger partial charge in [0.15, 0.2) is 0 Å². The van der Waals surface area contributed by atoms with E-state index in [4.69, 9.17) is 4.74 Å². The molecule has 1 rings (SSSR count). The van der Waals surface area contributed by atoms with Gasteiger partial charge in [0.1, 0.15) is 11.4 Å². The number of allylic oxidation sites excluding steroid dienone is 5. The summed E-state index contributed by atoms with van der Waals surface area (Å²) in [6, 6.07) is 6.92. The molecular weight excluding hydrogens is 420 g/mol. The van der Waals surface area contributed by atoms with Gasteiger partial charge in [-0.1, -0.05) is 54.2 Å². The van der Waals surface area contributed by atoms with E-state index in [0.717, 1.165) is 6.42 Å². The van der Waals surface area contributed by atoms with Crippen LogP contribution in [0.25, 0.3) is 0 Å². The van der Waals surface area contributed by atoms with Crippen LogP contribution in [0.1, 0.15) is 30.1 Å². The van der Waals surface area contributed by atoms with E-state index >= 15 is 0 Å². The Bertz CT molecular complexity index is 754. The van der Waals surface area contributed by atoms with Crippen molar-refractivity contribution in [2.24, 2.45) is 11.1 Å². The van der Waals surface area contributed by atoms with Crippen LogP contribution in [0.2, 0.25) is 0 Å². The number of nitrogens with one attached hydrogen (secondary N) is 1. The standard InChI is InChI=1S/C22H25BrN2O3/c1-4-19(8-6-7-14-23)24-22(26)18-9-11-21(12-10-18)28-15-13-17(3)16-20(5-2)25-27/h4-5,7-12,14,16-17H,1-2,6,13,15H2,3H3,(H,24,26)/b14-7+,19-8?,20-16+. The molecule has 0 fully saturated rings. The molecule has 148 valence electrons. The molecule has 0 heterocycles. The fourth-order valence-electron chi connectivity index (χ4n) is 2.21. The van der Waals surface area contributed by atoms with Gasteiger partial charge >= 0.3 is 0 Å². The maximum atomic E-state index is 12.3. The molecule has 0 spiro atoms. The van der Waals surface area contributed by atoms with Crippen molar-refractivity contribution >= 4 is 21.8 Å². The molecule has 0 aliphatic carbocycles. The topological polar surface area (TPSA) is 67.8 Å². The SMILES string of the molecule is C=CC(=CC/C=C/Br)NC(=O)c1ccc(OCCC(C)/C=C(\C=C)N=O)cc1. The minimum absolute atomic E-state index is 0.138. The highest BCUT2D eigenvalue weighted by Crippen LogP contribution is 2.15. The van der Waals surface area contributed by atoms with Crippen LogP contribution in [-0.4, -0.2) is 12.5 Å². The van der Waals surface area contributed by atoms with Crippen LogP contribution >= 0.6 is 15.9 Å². The summed E-state index contributed by atoms with van der Waals surface area (Å²) in [5, 5.41) is 5.70. The molecule has 0 radical (unpaired) electrons. The molecule has 6 heteroatoms. The molecular formula is C22H25BrN2O3. The first kappa shape index (κ1) is 23.3. The highest BCUT2D eigenvalue weighted by Gasteiger charge is 2.07. The number of nitroso groups, excluding NO2 is 1. The maximum absolute atomic E-state index is 12.3. The van der Waals surface area contributed by atoms with Crippen LogP contribution in [-0.2, 0) is 0 Å². The van der Waals surface area contributed by atoms with E-state index in [1.165, 1.54) is 6.08 Å². The summed E-state index contributed by atoms with van der Waals surface area (Å²) in [6.07, 6.45) is 9.98. The molecule has 0 aliphatic heterocycles. The Morgan fingerprint density at radius 2 is 2.00 bits per heavy atom. The zero-order valence-electron chi connectivity index (χ0n) is 15.9. The van der Waals surface area contributed by atoms with Gasteiger partial charge in [0.2, 0.25) is 0 Å². The molecule has 5 nitrogen and oxygen atoms in total. The van der Waals surface area contributed by atoms with Gasteiger partial charge in [0.05, 0.1) is 6.61 Å². The molecule has 0 aliphatic rings. The Morgan fingerprint density at radius 1 is 1.29 bits per heavy atom. The molecule has 0 bridgehead atoms. The molecule has 0 saturated carbocycles. The Hall–Kier alpha value is -2.73. The quantitative estimate of drug-likeness (QED) is 0.316. The summed E-state index contributed by atoms with van der Waals surface area (Å²) in [6.45, 7) is 9.70. The van der Waals surface area contributed by atoms with Gasteiger partial charge < -0.3 is 10.1 Å². The third-order valence-corrected chi connectivity index (χ3v) is 4.14. The highest BCUT2D eigenvalue weighted by atomic mass is 79.9. The normalized spacial score (nSPS) is 13.1. The Kier molecular flexibility index (Phi) is 11.2. The van der Waals surface area contributed by atoms with Gasteiger partial charge in [-0.25, -0.2) is 0 Å². The van der Waals surface area contributed by atoms with Crippen molar-refractivity contribution in [1.82, 2.24) is 5.32 Å². The average molecular weight is 445 g/mol. The number of carbonyl (C=O) groups excluding carboxylic acids is 1. The number of halogens is 1. The predicted octanol–water partition coefficient (Wildman–Crippen LogP) is 6.03. The minimum atomic E-state index is -0.211. The van der Waals surface area contributed by atoms with Crippen LogP contribution < -0.4 is 10.1 Å². The Morgan fingerprint density at radius 3 is 2.57 bits per heavy atom. The van der Waals surface area contributed by atoms with E-state index in [1.54, 1.807) is 41.4 Å². The lowest BCUT2D eigenvalue weighted by molar-refractivity contribution is 0.0967. The van der Waals surface area contributed by atoms with Crippen LogP contribution in [0.4, 0.5) is 0 Å². The lowest BCUT2D eigenvalue weighted by Crippen LogP contribution is -2.21. The van der Waals surface area contributed by atoms with Crippen LogP contribution in [0.5, 0.6) is 5.75 Å². The summed E-state index contributed by atoms with van der Waals surface area (Å²) >= 11 is 3.20. The molecule has 1 aromatic carbocycles. The monoisotopic (exact) mass is 444 g/mol. The third-order valence-electron chi connectivity index (χ3n) is 3.77. The molecule has 1 aromatic rings. The molecule has 28 heavy (non-hydrogen) atoms. The lowest BCUT2D eigenvalue weighted by Gasteiger charge is -2.10. The smallest absolute Gasteiger partial charge is 0.255 e. The highest BCUT2D eigenvalue weighted by molar-refractivity contribution is 9.11. The molecule has 0 saturated heterocycles. The van der Waals surface area contributed by atoms with E-state index in [9.17, 15) is 9.70 Å². The average Bonchev–Trinajstić information content (AvgIpc) is 2.71. The van der Waals surface area contributed by atoms with E-state index in [0.29, 0.717) is 35.7 Å². The van der Waals surface area contributed by atoms with Crippen molar-refractivity contribution in [1.29, 1.82) is 0 Å². The first-order chi connectivity index (χ1) is 13.5. The largest absolute Gasteiger partial charge is 0.494 e. The third kappa shape index (κ3) is 8.77. The van der Waals surface area contributed by atoms with Gasteiger partial charge in [0, 0.05) is 11.3 Å². The summed E-state index contributed by atoms with van der Waals surface area (Å²) in [5.41, 5.74) is 1.51. The van der Waals surface area contributed by atoms with Crippen molar-refractivity contribution in [2.45, 2.75) is 19.8 Å². The van der Waals surface area contributed by atoms with Gasteiger partial charge in [-0.3, -0.25) is 4.79 Å². The second-order valence-electron chi connectivity index (χ2n) is 5.94. The fraction of sp³-hybridized carbons (Fsp3) is 0.227. The summed E-state index contributed by atoms with van der Waals surface area (Å²) < 4.78 is 5.69. The molecule has 1 amide bonds. The molecule has 0 aromatic heterocycles.